The Bertz CT molecular complexity index is 457. The third-order valence-corrected chi connectivity index (χ3v) is 2.77. The van der Waals surface area contributed by atoms with Gasteiger partial charge in [-0.2, -0.15) is 0 Å². The highest BCUT2D eigenvalue weighted by molar-refractivity contribution is 5.81. The third kappa shape index (κ3) is 2.05. The van der Waals surface area contributed by atoms with Gasteiger partial charge in [0.05, 0.1) is 0 Å². The number of hydrogen-bond donors (Lipinski definition) is 1. The van der Waals surface area contributed by atoms with E-state index in [-0.39, 0.29) is 6.04 Å². The maximum absolute atomic E-state index is 5.79. The molecule has 0 saturated carbocycles. The lowest BCUT2D eigenvalue weighted by molar-refractivity contribution is 0.519. The molecule has 2 heteroatoms. The Labute approximate surface area is 90.1 Å². The molecule has 0 fully saturated rings. The smallest absolute Gasteiger partial charge is 0.134 e. The van der Waals surface area contributed by atoms with Crippen molar-refractivity contribution in [3.05, 3.63) is 35.6 Å². The molecule has 0 aliphatic carbocycles. The van der Waals surface area contributed by atoms with Gasteiger partial charge in [-0.1, -0.05) is 18.2 Å². The molecule has 1 heterocycles. The fraction of sp³-hybridized carbons (Fsp3) is 0.385. The normalized spacial score (nSPS) is 13.3. The van der Waals surface area contributed by atoms with Crippen LogP contribution in [0.2, 0.25) is 0 Å². The zero-order valence-corrected chi connectivity index (χ0v) is 9.29. The van der Waals surface area contributed by atoms with Gasteiger partial charge in [0.15, 0.2) is 0 Å². The molecule has 15 heavy (non-hydrogen) atoms. The van der Waals surface area contributed by atoms with Gasteiger partial charge in [0.1, 0.15) is 11.3 Å². The molecule has 2 aromatic rings. The molecule has 0 saturated heterocycles. The summed E-state index contributed by atoms with van der Waals surface area (Å²) in [7, 11) is 0. The quantitative estimate of drug-likeness (QED) is 0.832. The van der Waals surface area contributed by atoms with E-state index in [9.17, 15) is 0 Å². The van der Waals surface area contributed by atoms with Crippen LogP contribution in [0.25, 0.3) is 11.0 Å². The molecular weight excluding hydrogens is 186 g/mol. The minimum Gasteiger partial charge on any atom is -0.461 e. The van der Waals surface area contributed by atoms with Crippen molar-refractivity contribution in [2.45, 2.75) is 32.7 Å². The highest BCUT2D eigenvalue weighted by Gasteiger charge is 2.09. The van der Waals surface area contributed by atoms with Crippen LogP contribution in [-0.4, -0.2) is 6.04 Å². The van der Waals surface area contributed by atoms with Gasteiger partial charge < -0.3 is 10.2 Å². The van der Waals surface area contributed by atoms with Gasteiger partial charge >= 0.3 is 0 Å². The lowest BCUT2D eigenvalue weighted by atomic mass is 10.1. The maximum atomic E-state index is 5.79. The number of fused-ring (bicyclic) bond motifs is 1. The molecular formula is C13H17NO. The molecule has 0 amide bonds. The monoisotopic (exact) mass is 203 g/mol. The summed E-state index contributed by atoms with van der Waals surface area (Å²) >= 11 is 0. The largest absolute Gasteiger partial charge is 0.461 e. The van der Waals surface area contributed by atoms with Gasteiger partial charge in [0.2, 0.25) is 0 Å². The third-order valence-electron chi connectivity index (χ3n) is 2.77. The van der Waals surface area contributed by atoms with E-state index >= 15 is 0 Å². The molecule has 0 aliphatic heterocycles. The van der Waals surface area contributed by atoms with E-state index in [1.54, 1.807) is 0 Å². The maximum Gasteiger partial charge on any atom is 0.134 e. The number of nitrogens with two attached hydrogens (primary N) is 1. The molecule has 80 valence electrons. The lowest BCUT2D eigenvalue weighted by Gasteiger charge is -2.02. The molecule has 1 aromatic heterocycles. The van der Waals surface area contributed by atoms with Crippen molar-refractivity contribution in [3.63, 3.8) is 0 Å². The fourth-order valence-corrected chi connectivity index (χ4v) is 1.82. The molecule has 0 aliphatic rings. The molecule has 2 N–H and O–H groups in total. The number of benzene rings is 1. The second kappa shape index (κ2) is 4.07. The second-order valence-electron chi connectivity index (χ2n) is 4.16. The predicted molar refractivity (Wildman–Crippen MR) is 62.9 cm³/mol. The van der Waals surface area contributed by atoms with Crippen LogP contribution in [0.15, 0.2) is 28.7 Å². The highest BCUT2D eigenvalue weighted by atomic mass is 16.3. The van der Waals surface area contributed by atoms with E-state index in [1.807, 2.05) is 25.1 Å². The molecule has 1 atom stereocenters. The van der Waals surface area contributed by atoms with Crippen LogP contribution in [-0.2, 0) is 6.42 Å². The average Bonchev–Trinajstić information content (AvgIpc) is 2.54. The summed E-state index contributed by atoms with van der Waals surface area (Å²) in [4.78, 5) is 0. The van der Waals surface area contributed by atoms with Crippen molar-refractivity contribution in [2.75, 3.05) is 0 Å². The van der Waals surface area contributed by atoms with Gasteiger partial charge in [-0.15, -0.1) is 0 Å². The van der Waals surface area contributed by atoms with Crippen LogP contribution in [0, 0.1) is 6.92 Å². The first-order chi connectivity index (χ1) is 7.18. The molecule has 2 rings (SSSR count). The number of aryl methyl sites for hydroxylation is 2. The Morgan fingerprint density at radius 1 is 1.33 bits per heavy atom. The fourth-order valence-electron chi connectivity index (χ4n) is 1.82. The Kier molecular flexibility index (Phi) is 2.78. The van der Waals surface area contributed by atoms with E-state index < -0.39 is 0 Å². The van der Waals surface area contributed by atoms with Gasteiger partial charge in [-0.25, -0.2) is 0 Å². The van der Waals surface area contributed by atoms with Crippen LogP contribution < -0.4 is 5.73 Å². The summed E-state index contributed by atoms with van der Waals surface area (Å²) in [6, 6.07) is 8.39. The summed E-state index contributed by atoms with van der Waals surface area (Å²) < 4.78 is 5.79. The zero-order chi connectivity index (χ0) is 10.8. The number of hydrogen-bond acceptors (Lipinski definition) is 2. The minimum absolute atomic E-state index is 0.234. The predicted octanol–water partition coefficient (Wildman–Crippen LogP) is 3.02. The summed E-state index contributed by atoms with van der Waals surface area (Å²) in [5.74, 6) is 1.08. The summed E-state index contributed by atoms with van der Waals surface area (Å²) in [5.41, 5.74) is 7.98. The molecule has 0 spiro atoms. The standard InChI is InChI=1S/C13H17NO/c1-9(14)7-8-12-10(2)11-5-3-4-6-13(11)15-12/h3-6,9H,7-8,14H2,1-2H3. The lowest BCUT2D eigenvalue weighted by Crippen LogP contribution is -2.15. The molecule has 1 unspecified atom stereocenters. The zero-order valence-electron chi connectivity index (χ0n) is 9.29. The Balaban J connectivity index is 2.32. The topological polar surface area (TPSA) is 39.2 Å². The number of rotatable bonds is 3. The molecule has 0 radical (unpaired) electrons. The van der Waals surface area contributed by atoms with E-state index in [0.717, 1.165) is 24.2 Å². The summed E-state index contributed by atoms with van der Waals surface area (Å²) in [6.07, 6.45) is 1.90. The summed E-state index contributed by atoms with van der Waals surface area (Å²) in [5, 5.41) is 1.22. The number of furan rings is 1. The molecule has 1 aromatic carbocycles. The van der Waals surface area contributed by atoms with Gasteiger partial charge in [0, 0.05) is 17.8 Å². The van der Waals surface area contributed by atoms with E-state index in [1.165, 1.54) is 10.9 Å². The van der Waals surface area contributed by atoms with E-state index in [0.29, 0.717) is 0 Å². The summed E-state index contributed by atoms with van der Waals surface area (Å²) in [6.45, 7) is 4.14. The average molecular weight is 203 g/mol. The SMILES string of the molecule is Cc1c(CCC(C)N)oc2ccccc12. The van der Waals surface area contributed by atoms with Crippen molar-refractivity contribution in [2.24, 2.45) is 5.73 Å². The van der Waals surface area contributed by atoms with Crippen molar-refractivity contribution in [1.29, 1.82) is 0 Å². The minimum atomic E-state index is 0.234. The Morgan fingerprint density at radius 3 is 2.73 bits per heavy atom. The van der Waals surface area contributed by atoms with Gasteiger partial charge in [-0.05, 0) is 31.9 Å². The number of para-hydroxylation sites is 1. The van der Waals surface area contributed by atoms with Gasteiger partial charge in [-0.3, -0.25) is 0 Å². The molecule has 2 nitrogen and oxygen atoms in total. The van der Waals surface area contributed by atoms with E-state index in [4.69, 9.17) is 10.2 Å². The van der Waals surface area contributed by atoms with Crippen LogP contribution in [0.3, 0.4) is 0 Å². The Hall–Kier alpha value is -1.28. The molecule has 0 bridgehead atoms. The second-order valence-corrected chi connectivity index (χ2v) is 4.16. The van der Waals surface area contributed by atoms with Crippen LogP contribution >= 0.6 is 0 Å². The van der Waals surface area contributed by atoms with Crippen molar-refractivity contribution in [1.82, 2.24) is 0 Å². The first-order valence-electron chi connectivity index (χ1n) is 5.41. The van der Waals surface area contributed by atoms with E-state index in [2.05, 4.69) is 13.0 Å². The van der Waals surface area contributed by atoms with Crippen molar-refractivity contribution in [3.8, 4) is 0 Å². The van der Waals surface area contributed by atoms with Crippen molar-refractivity contribution >= 4 is 11.0 Å². The highest BCUT2D eigenvalue weighted by Crippen LogP contribution is 2.25. The van der Waals surface area contributed by atoms with Crippen molar-refractivity contribution < 1.29 is 4.42 Å². The van der Waals surface area contributed by atoms with Crippen LogP contribution in [0.1, 0.15) is 24.7 Å². The van der Waals surface area contributed by atoms with Crippen LogP contribution in [0.5, 0.6) is 0 Å². The Morgan fingerprint density at radius 2 is 2.07 bits per heavy atom. The van der Waals surface area contributed by atoms with Gasteiger partial charge in [0.25, 0.3) is 0 Å². The first kappa shape index (κ1) is 10.2. The van der Waals surface area contributed by atoms with Crippen LogP contribution in [0.4, 0.5) is 0 Å². The first-order valence-corrected chi connectivity index (χ1v) is 5.41.